The van der Waals surface area contributed by atoms with Crippen molar-refractivity contribution in [3.63, 3.8) is 0 Å². The van der Waals surface area contributed by atoms with Gasteiger partial charge in [0.25, 0.3) is 0 Å². The van der Waals surface area contributed by atoms with Crippen molar-refractivity contribution in [2.24, 2.45) is 0 Å². The van der Waals surface area contributed by atoms with Crippen molar-refractivity contribution in [3.8, 4) is 18.1 Å². The minimum atomic E-state index is -0.302. The van der Waals surface area contributed by atoms with E-state index in [4.69, 9.17) is 11.2 Å². The first-order chi connectivity index (χ1) is 11.1. The highest BCUT2D eigenvalue weighted by Crippen LogP contribution is 2.17. The quantitative estimate of drug-likeness (QED) is 0.776. The third-order valence-corrected chi connectivity index (χ3v) is 3.46. The molecule has 3 heteroatoms. The SMILES string of the molecule is C#CC[NH+](C)CC(=C)c1cccc(COc2cccc(F)c2)c1. The Hall–Kier alpha value is -2.57. The lowest BCUT2D eigenvalue weighted by atomic mass is 10.0. The Morgan fingerprint density at radius 2 is 2.04 bits per heavy atom. The second kappa shape index (κ2) is 8.17. The molecule has 0 saturated heterocycles. The number of likely N-dealkylation sites (N-methyl/N-ethyl adjacent to an activating group) is 1. The van der Waals surface area contributed by atoms with Crippen LogP contribution in [0.25, 0.3) is 5.57 Å². The molecule has 1 unspecified atom stereocenters. The highest BCUT2D eigenvalue weighted by molar-refractivity contribution is 5.64. The molecule has 0 amide bonds. The topological polar surface area (TPSA) is 13.7 Å². The van der Waals surface area contributed by atoms with Crippen LogP contribution in [0, 0.1) is 18.2 Å². The number of quaternary nitrogens is 1. The number of rotatable bonds is 7. The average molecular weight is 310 g/mol. The summed E-state index contributed by atoms with van der Waals surface area (Å²) < 4.78 is 18.8. The molecule has 2 aromatic carbocycles. The molecule has 0 aromatic heterocycles. The van der Waals surface area contributed by atoms with Crippen LogP contribution in [0.4, 0.5) is 4.39 Å². The van der Waals surface area contributed by atoms with Gasteiger partial charge in [-0.2, -0.15) is 0 Å². The van der Waals surface area contributed by atoms with E-state index in [1.54, 1.807) is 12.1 Å². The second-order valence-electron chi connectivity index (χ2n) is 5.56. The maximum Gasteiger partial charge on any atom is 0.139 e. The summed E-state index contributed by atoms with van der Waals surface area (Å²) >= 11 is 0. The zero-order chi connectivity index (χ0) is 16.7. The van der Waals surface area contributed by atoms with Crippen LogP contribution in [0.5, 0.6) is 5.75 Å². The number of hydrogen-bond donors (Lipinski definition) is 1. The Labute approximate surface area is 137 Å². The molecule has 0 bridgehead atoms. The Bertz CT molecular complexity index is 718. The highest BCUT2D eigenvalue weighted by atomic mass is 19.1. The number of nitrogens with one attached hydrogen (secondary N) is 1. The fourth-order valence-corrected chi connectivity index (χ4v) is 2.31. The van der Waals surface area contributed by atoms with Crippen LogP contribution >= 0.6 is 0 Å². The highest BCUT2D eigenvalue weighted by Gasteiger charge is 2.07. The normalized spacial score (nSPS) is 11.5. The zero-order valence-corrected chi connectivity index (χ0v) is 13.3. The van der Waals surface area contributed by atoms with Crippen molar-refractivity contribution in [2.45, 2.75) is 6.61 Å². The van der Waals surface area contributed by atoms with E-state index in [2.05, 4.69) is 12.5 Å². The smallest absolute Gasteiger partial charge is 0.139 e. The molecule has 2 nitrogen and oxygen atoms in total. The molecule has 23 heavy (non-hydrogen) atoms. The number of halogens is 1. The fraction of sp³-hybridized carbons (Fsp3) is 0.200. The van der Waals surface area contributed by atoms with Crippen LogP contribution < -0.4 is 9.64 Å². The zero-order valence-electron chi connectivity index (χ0n) is 13.3. The number of terminal acetylenes is 1. The van der Waals surface area contributed by atoms with E-state index >= 15 is 0 Å². The van der Waals surface area contributed by atoms with Gasteiger partial charge in [0.05, 0.1) is 7.05 Å². The molecule has 1 N–H and O–H groups in total. The van der Waals surface area contributed by atoms with Crippen LogP contribution in [-0.2, 0) is 6.61 Å². The van der Waals surface area contributed by atoms with E-state index in [-0.39, 0.29) is 5.82 Å². The predicted octanol–water partition coefficient (Wildman–Crippen LogP) is 2.57. The molecular formula is C20H21FNO+. The van der Waals surface area contributed by atoms with E-state index in [1.807, 2.05) is 31.3 Å². The second-order valence-corrected chi connectivity index (χ2v) is 5.56. The minimum absolute atomic E-state index is 0.302. The van der Waals surface area contributed by atoms with Gasteiger partial charge in [-0.05, 0) is 35.2 Å². The standard InChI is InChI=1S/C20H20FNO/c1-4-11-22(3)14-16(2)18-8-5-7-17(12-18)15-23-20-10-6-9-19(21)13-20/h1,5-10,12-13H,2,11,14-15H2,3H3/p+1. The van der Waals surface area contributed by atoms with Gasteiger partial charge in [-0.1, -0.05) is 30.8 Å². The summed E-state index contributed by atoms with van der Waals surface area (Å²) in [6, 6.07) is 14.2. The number of ether oxygens (including phenoxy) is 1. The third kappa shape index (κ3) is 5.28. The summed E-state index contributed by atoms with van der Waals surface area (Å²) in [5.41, 5.74) is 3.12. The Balaban J connectivity index is 1.99. The van der Waals surface area contributed by atoms with Gasteiger partial charge in [-0.15, -0.1) is 6.42 Å². The molecule has 1 atom stereocenters. The largest absolute Gasteiger partial charge is 0.489 e. The summed E-state index contributed by atoms with van der Waals surface area (Å²) in [6.45, 7) is 5.98. The van der Waals surface area contributed by atoms with Gasteiger partial charge >= 0.3 is 0 Å². The Kier molecular flexibility index (Phi) is 5.96. The van der Waals surface area contributed by atoms with Gasteiger partial charge in [0.15, 0.2) is 0 Å². The first-order valence-electron chi connectivity index (χ1n) is 7.48. The monoisotopic (exact) mass is 310 g/mol. The molecule has 0 aliphatic carbocycles. The summed E-state index contributed by atoms with van der Waals surface area (Å²) in [7, 11) is 2.04. The van der Waals surface area contributed by atoms with Gasteiger partial charge in [-0.3, -0.25) is 0 Å². The maximum atomic E-state index is 13.1. The number of hydrogen-bond acceptors (Lipinski definition) is 1. The van der Waals surface area contributed by atoms with E-state index in [1.165, 1.54) is 17.0 Å². The predicted molar refractivity (Wildman–Crippen MR) is 91.7 cm³/mol. The molecule has 2 rings (SSSR count). The van der Waals surface area contributed by atoms with E-state index in [0.29, 0.717) is 18.9 Å². The van der Waals surface area contributed by atoms with E-state index in [0.717, 1.165) is 23.2 Å². The van der Waals surface area contributed by atoms with E-state index < -0.39 is 0 Å². The number of benzene rings is 2. The van der Waals surface area contributed by atoms with Crippen LogP contribution in [0.2, 0.25) is 0 Å². The lowest BCUT2D eigenvalue weighted by Crippen LogP contribution is -3.08. The molecule has 0 radical (unpaired) electrons. The van der Waals surface area contributed by atoms with Crippen molar-refractivity contribution in [2.75, 3.05) is 20.1 Å². The third-order valence-electron chi connectivity index (χ3n) is 3.46. The van der Waals surface area contributed by atoms with Crippen molar-refractivity contribution >= 4 is 5.57 Å². The first kappa shape index (κ1) is 16.8. The molecule has 118 valence electrons. The minimum Gasteiger partial charge on any atom is -0.489 e. The fourth-order valence-electron chi connectivity index (χ4n) is 2.31. The molecule has 0 aliphatic heterocycles. The molecule has 0 fully saturated rings. The lowest BCUT2D eigenvalue weighted by molar-refractivity contribution is -0.863. The Morgan fingerprint density at radius 1 is 1.26 bits per heavy atom. The van der Waals surface area contributed by atoms with Gasteiger partial charge in [0, 0.05) is 11.6 Å². The van der Waals surface area contributed by atoms with E-state index in [9.17, 15) is 4.39 Å². The summed E-state index contributed by atoms with van der Waals surface area (Å²) in [5, 5.41) is 0. The van der Waals surface area contributed by atoms with Crippen molar-refractivity contribution in [3.05, 3.63) is 72.1 Å². The van der Waals surface area contributed by atoms with Crippen LogP contribution in [0.1, 0.15) is 11.1 Å². The molecule has 0 saturated carbocycles. The summed E-state index contributed by atoms with van der Waals surface area (Å²) in [5.74, 6) is 2.87. The van der Waals surface area contributed by atoms with Crippen molar-refractivity contribution in [1.82, 2.24) is 0 Å². The Morgan fingerprint density at radius 3 is 2.78 bits per heavy atom. The lowest BCUT2D eigenvalue weighted by Gasteiger charge is -2.14. The van der Waals surface area contributed by atoms with Gasteiger partial charge in [0.1, 0.15) is 31.3 Å². The maximum absolute atomic E-state index is 13.1. The molecule has 0 aliphatic rings. The van der Waals surface area contributed by atoms with Gasteiger partial charge < -0.3 is 9.64 Å². The van der Waals surface area contributed by atoms with Gasteiger partial charge in [-0.25, -0.2) is 4.39 Å². The van der Waals surface area contributed by atoms with Crippen molar-refractivity contribution in [1.29, 1.82) is 0 Å². The van der Waals surface area contributed by atoms with Crippen LogP contribution in [0.15, 0.2) is 55.1 Å². The molecule has 0 spiro atoms. The van der Waals surface area contributed by atoms with Crippen LogP contribution in [-0.4, -0.2) is 20.1 Å². The van der Waals surface area contributed by atoms with Gasteiger partial charge in [0.2, 0.25) is 0 Å². The average Bonchev–Trinajstić information content (AvgIpc) is 2.53. The summed E-state index contributed by atoms with van der Waals surface area (Å²) in [6.07, 6.45) is 5.33. The molecule has 2 aromatic rings. The molecule has 0 heterocycles. The van der Waals surface area contributed by atoms with Crippen LogP contribution in [0.3, 0.4) is 0 Å². The molecular weight excluding hydrogens is 289 g/mol. The van der Waals surface area contributed by atoms with Crippen molar-refractivity contribution < 1.29 is 14.0 Å². The first-order valence-corrected chi connectivity index (χ1v) is 7.48. The summed E-state index contributed by atoms with van der Waals surface area (Å²) in [4.78, 5) is 1.22.